The highest BCUT2D eigenvalue weighted by Crippen LogP contribution is 2.43. The zero-order chi connectivity index (χ0) is 70.6. The normalized spacial score (nSPS) is 21.7. The quantitative estimate of drug-likeness (QED) is 0.0502. The maximum absolute atomic E-state index is 15.4. The highest BCUT2D eigenvalue weighted by atomic mass is 32.1. The van der Waals surface area contributed by atoms with E-state index in [1.54, 1.807) is 77.7 Å². The van der Waals surface area contributed by atoms with Crippen LogP contribution in [0.5, 0.6) is 5.75 Å². The summed E-state index contributed by atoms with van der Waals surface area (Å²) in [6.07, 6.45) is -1.74. The van der Waals surface area contributed by atoms with E-state index in [2.05, 4.69) is 36.5 Å². The second-order valence-corrected chi connectivity index (χ2v) is 30.3. The number of carbonyl (C=O) groups is 8. The van der Waals surface area contributed by atoms with Gasteiger partial charge in [0.1, 0.15) is 87.7 Å². The highest BCUT2D eigenvalue weighted by molar-refractivity contribution is 7.15. The van der Waals surface area contributed by atoms with Crippen LogP contribution >= 0.6 is 68.0 Å². The molecule has 0 spiro atoms. The number of rotatable bonds is 14. The molecule has 524 valence electrons. The van der Waals surface area contributed by atoms with Crippen molar-refractivity contribution in [3.05, 3.63) is 147 Å². The number of nitrogens with two attached hydrogens (primary N) is 1. The number of carboxylic acid groups (broad SMARTS) is 1. The number of hydrogen-bond donors (Lipinski definition) is 9. The Morgan fingerprint density at radius 2 is 1.37 bits per heavy atom. The lowest BCUT2D eigenvalue weighted by atomic mass is 9.86. The van der Waals surface area contributed by atoms with Gasteiger partial charge in [0.2, 0.25) is 11.8 Å². The molecule has 7 amide bonds. The van der Waals surface area contributed by atoms with Crippen molar-refractivity contribution in [1.29, 1.82) is 0 Å². The van der Waals surface area contributed by atoms with Crippen LogP contribution in [0.15, 0.2) is 93.6 Å². The summed E-state index contributed by atoms with van der Waals surface area (Å²) in [4.78, 5) is 150. The molecule has 101 heavy (non-hydrogen) atoms. The molecule has 2 saturated heterocycles. The first-order valence-electron chi connectivity index (χ1n) is 32.3. The molecule has 13 rings (SSSR count). The number of aliphatic hydroxyl groups is 1. The summed E-state index contributed by atoms with van der Waals surface area (Å²) >= 11 is 6.84. The minimum absolute atomic E-state index is 0.0214. The van der Waals surface area contributed by atoms with E-state index in [1.165, 1.54) is 61.8 Å². The number of phenols is 1. The van der Waals surface area contributed by atoms with E-state index >= 15 is 9.59 Å². The number of aromatic nitrogens is 7. The fourth-order valence-electron chi connectivity index (χ4n) is 12.5. The average Bonchev–Trinajstić information content (AvgIpc) is 1.64. The average molecular weight is 1480 g/mol. The molecule has 10 N–H and O–H groups in total. The van der Waals surface area contributed by atoms with Crippen molar-refractivity contribution in [2.45, 2.75) is 94.8 Å². The molecule has 0 unspecified atom stereocenters. The van der Waals surface area contributed by atoms with E-state index in [-0.39, 0.29) is 64.1 Å². The van der Waals surface area contributed by atoms with Gasteiger partial charge in [-0.2, -0.15) is 0 Å². The van der Waals surface area contributed by atoms with Gasteiger partial charge in [-0.25, -0.2) is 39.7 Å². The number of fused-ring (bicyclic) bond motifs is 16. The number of alkyl carbamates (subject to hydrolysis) is 1. The first kappa shape index (κ1) is 70.1. The van der Waals surface area contributed by atoms with Gasteiger partial charge >= 0.3 is 12.1 Å². The first-order chi connectivity index (χ1) is 48.8. The third-order valence-corrected chi connectivity index (χ3v) is 23.4. The molecule has 3 aliphatic heterocycles. The lowest BCUT2D eigenvalue weighted by Gasteiger charge is -2.29. The second-order valence-electron chi connectivity index (χ2n) is 24.7. The van der Waals surface area contributed by atoms with Crippen LogP contribution in [0, 0.1) is 18.8 Å². The van der Waals surface area contributed by atoms with Gasteiger partial charge in [0.15, 0.2) is 6.10 Å². The number of primary amides is 1. The van der Waals surface area contributed by atoms with E-state index in [4.69, 9.17) is 45.1 Å². The molecule has 2 aromatic carbocycles. The van der Waals surface area contributed by atoms with Crippen molar-refractivity contribution in [2.24, 2.45) is 17.6 Å². The number of morpholine rings is 1. The van der Waals surface area contributed by atoms with Crippen LogP contribution in [0.2, 0.25) is 0 Å². The maximum Gasteiger partial charge on any atom is 0.407 e. The number of ether oxygens (including phenoxy) is 2. The number of carbonyl (C=O) groups excluding carboxylic acids is 7. The molecule has 7 aromatic heterocycles. The summed E-state index contributed by atoms with van der Waals surface area (Å²) in [5.74, 6) is -5.92. The van der Waals surface area contributed by atoms with Crippen molar-refractivity contribution < 1.29 is 63.1 Å². The van der Waals surface area contributed by atoms with Crippen LogP contribution in [0.25, 0.3) is 43.4 Å². The minimum atomic E-state index is -1.33. The van der Waals surface area contributed by atoms with Crippen LogP contribution in [-0.2, 0) is 30.3 Å². The summed E-state index contributed by atoms with van der Waals surface area (Å²) < 4.78 is 11.8. The van der Waals surface area contributed by atoms with Gasteiger partial charge in [-0.3, -0.25) is 38.5 Å². The van der Waals surface area contributed by atoms with Crippen LogP contribution < -0.4 is 32.3 Å². The summed E-state index contributed by atoms with van der Waals surface area (Å²) in [6.45, 7) is 6.48. The molecule has 1 saturated carbocycles. The predicted molar refractivity (Wildman–Crippen MR) is 376 cm³/mol. The van der Waals surface area contributed by atoms with Gasteiger partial charge in [-0.05, 0) is 68.0 Å². The third kappa shape index (κ3) is 16.0. The third-order valence-electron chi connectivity index (χ3n) is 17.9. The van der Waals surface area contributed by atoms with Gasteiger partial charge in [0, 0.05) is 88.4 Å². The van der Waals surface area contributed by atoms with Crippen molar-refractivity contribution in [3.8, 4) is 49.1 Å². The number of amides is 7. The standard InChI is InChI=1S/C67H67N15O13S6/c1-32-48(84)26-82-53(32)64-78-47(31-100-64)61-74-43(27-97-61)51-39(16-17-40(71-51)60-76-44(29-98-60)55(86)70-37-12-10-36(11-13-37)66(91)92)59-75-45(28-96-59)56(87)72-41(25-49(68)85)62-80-50(33(2)101-62)58(89)79-52(54(35-6-4-3-5-7-35)95-67(93)69-18-19-81-20-22-94-23-21-81)63-77-46(30-99-63)57(88)73-42(65(82)90)24-34-8-14-38(83)15-9-34/h3-9,14-17,27-32,36-37,41-42,48,52-54,83-84H,10-13,18-26H2,1-2H3,(H2,68,85)(H,69,93)(H,70,86)(H,72,87)(H,73,88)(H,79,89)(H,91,92)/t32-,36-,37-,41-,42-,48-,52-,53-,54+/m0/s1. The molecule has 4 aliphatic rings. The Hall–Kier alpha value is -9.39. The zero-order valence-corrected chi connectivity index (χ0v) is 59.0. The number of hydrogen-bond acceptors (Lipinski definition) is 26. The van der Waals surface area contributed by atoms with Crippen molar-refractivity contribution in [2.75, 3.05) is 45.9 Å². The van der Waals surface area contributed by atoms with Crippen LogP contribution in [0.1, 0.15) is 136 Å². The van der Waals surface area contributed by atoms with Crippen molar-refractivity contribution in [1.82, 2.24) is 71.3 Å². The van der Waals surface area contributed by atoms with Gasteiger partial charge in [-0.15, -0.1) is 68.0 Å². The lowest BCUT2D eigenvalue weighted by molar-refractivity contribution is -0.143. The molecule has 10 bridgehead atoms. The van der Waals surface area contributed by atoms with E-state index in [1.807, 2.05) is 6.92 Å². The number of nitrogens with zero attached hydrogens (tertiary/aromatic N) is 9. The summed E-state index contributed by atoms with van der Waals surface area (Å²) in [6, 6.07) is 13.4. The number of aryl methyl sites for hydroxylation is 1. The lowest BCUT2D eigenvalue weighted by Crippen LogP contribution is -2.50. The smallest absolute Gasteiger partial charge is 0.407 e. The van der Waals surface area contributed by atoms with E-state index in [0.717, 1.165) is 34.0 Å². The summed E-state index contributed by atoms with van der Waals surface area (Å²) in [5.41, 5.74) is 8.66. The molecule has 28 nitrogen and oxygen atoms in total. The van der Waals surface area contributed by atoms with E-state index in [0.29, 0.717) is 123 Å². The Kier molecular flexibility index (Phi) is 21.4. The van der Waals surface area contributed by atoms with Crippen molar-refractivity contribution in [3.63, 3.8) is 0 Å². The Morgan fingerprint density at radius 3 is 2.12 bits per heavy atom. The molecule has 7 atom stereocenters. The SMILES string of the molecule is Cc1sc2nc1C(=O)N[C@@H]([C@H](OC(=O)NCCN1CCOCC1)c1ccccc1)c1nc(cs1)C(=O)N[C@@H](Cc1ccc(O)cc1)C(=O)N1C[C@H](O)[C@H](C)[C@H]1c1nc(cs1)-c1nc(cs1)-c1nc(-c3nc(C(=O)N[C@H]4CC[C@H](C(=O)O)CC4)cs3)ccc1-c1nc(cs1)C(=O)N[C@H]2CC(N)=O. The van der Waals surface area contributed by atoms with E-state index < -0.39 is 102 Å². The van der Waals surface area contributed by atoms with Gasteiger partial charge in [0.25, 0.3) is 23.6 Å². The van der Waals surface area contributed by atoms with E-state index in [9.17, 15) is 44.1 Å². The maximum atomic E-state index is 15.4. The first-order valence-corrected chi connectivity index (χ1v) is 37.6. The molecular formula is C67H67N15O13S6. The molecule has 10 heterocycles. The topological polar surface area (TPSA) is 399 Å². The van der Waals surface area contributed by atoms with Crippen molar-refractivity contribution >= 4 is 116 Å². The van der Waals surface area contributed by atoms with Gasteiger partial charge in [0.05, 0.1) is 49.4 Å². The number of aliphatic hydroxyl groups excluding tert-OH is 1. The number of aliphatic carboxylic acids is 1. The monoisotopic (exact) mass is 1480 g/mol. The number of nitrogens with one attached hydrogen (secondary N) is 5. The fraction of sp³-hybridized carbons (Fsp3) is 0.358. The number of phenolic OH excluding ortho intramolecular Hbond substituents is 1. The molecule has 9 aromatic rings. The molecule has 3 fully saturated rings. The fourth-order valence-corrected chi connectivity index (χ4v) is 17.8. The zero-order valence-electron chi connectivity index (χ0n) is 54.1. The molecule has 1 aliphatic carbocycles. The van der Waals surface area contributed by atoms with Gasteiger partial charge in [-0.1, -0.05) is 49.4 Å². The Morgan fingerprint density at radius 1 is 0.703 bits per heavy atom. The summed E-state index contributed by atoms with van der Waals surface area (Å²) in [7, 11) is 0. The molecule has 0 radical (unpaired) electrons. The Bertz CT molecular complexity index is 4560. The Balaban J connectivity index is 0.880. The van der Waals surface area contributed by atoms with Crippen LogP contribution in [-0.4, -0.2) is 172 Å². The van der Waals surface area contributed by atoms with Gasteiger partial charge < -0.3 is 62.0 Å². The molecule has 34 heteroatoms. The number of aromatic hydroxyl groups is 1. The molecular weight excluding hydrogens is 1420 g/mol. The number of carboxylic acids is 1. The minimum Gasteiger partial charge on any atom is -0.508 e. The second kappa shape index (κ2) is 30.8. The summed E-state index contributed by atoms with van der Waals surface area (Å²) in [5, 5.41) is 56.2. The van der Waals surface area contributed by atoms with Crippen LogP contribution in [0.3, 0.4) is 0 Å². The highest BCUT2D eigenvalue weighted by Gasteiger charge is 2.46. The number of benzene rings is 2. The number of pyridine rings is 1. The number of thiazole rings is 6. The predicted octanol–water partition coefficient (Wildman–Crippen LogP) is 7.73. The van der Waals surface area contributed by atoms with Crippen LogP contribution in [0.4, 0.5) is 4.79 Å². The largest absolute Gasteiger partial charge is 0.508 e. The Labute approximate surface area is 600 Å².